The number of rotatable bonds is 1. The third-order valence-corrected chi connectivity index (χ3v) is 2.83. The fourth-order valence-corrected chi connectivity index (χ4v) is 2.37. The molecule has 1 aliphatic heterocycles. The molecule has 1 fully saturated rings. The first-order valence-electron chi connectivity index (χ1n) is 5.79. The molecule has 1 atom stereocenters. The number of anilines is 1. The average Bonchev–Trinajstić information content (AvgIpc) is 2.26. The highest BCUT2D eigenvalue weighted by Gasteiger charge is 2.32. The summed E-state index contributed by atoms with van der Waals surface area (Å²) < 4.78 is 5.85. The quantitative estimate of drug-likeness (QED) is 0.741. The zero-order valence-electron chi connectivity index (χ0n) is 10.5. The van der Waals surface area contributed by atoms with Gasteiger partial charge in [0.15, 0.2) is 0 Å². The third kappa shape index (κ3) is 2.56. The van der Waals surface area contributed by atoms with E-state index in [4.69, 9.17) is 10.00 Å². The van der Waals surface area contributed by atoms with Crippen LogP contribution in [0.4, 0.5) is 5.69 Å². The van der Waals surface area contributed by atoms with Gasteiger partial charge in [-0.1, -0.05) is 0 Å². The molecule has 1 aromatic heterocycles. The fraction of sp³-hybridized carbons (Fsp3) is 0.538. The molecule has 4 heteroatoms. The van der Waals surface area contributed by atoms with Crippen LogP contribution in [-0.4, -0.2) is 29.8 Å². The highest BCUT2D eigenvalue weighted by atomic mass is 16.5. The van der Waals surface area contributed by atoms with Gasteiger partial charge in [0.1, 0.15) is 6.07 Å². The van der Waals surface area contributed by atoms with E-state index < -0.39 is 0 Å². The molecule has 0 spiro atoms. The first-order valence-corrected chi connectivity index (χ1v) is 5.79. The van der Waals surface area contributed by atoms with Crippen LogP contribution >= 0.6 is 0 Å². The van der Waals surface area contributed by atoms with Crippen molar-refractivity contribution < 1.29 is 4.74 Å². The molecule has 1 aromatic rings. The zero-order chi connectivity index (χ0) is 12.5. The van der Waals surface area contributed by atoms with Gasteiger partial charge in [0.05, 0.1) is 29.2 Å². The summed E-state index contributed by atoms with van der Waals surface area (Å²) in [6.07, 6.45) is 3.56. The number of ether oxygens (including phenoxy) is 1. The fourth-order valence-electron chi connectivity index (χ4n) is 2.37. The molecule has 2 rings (SSSR count). The van der Waals surface area contributed by atoms with Gasteiger partial charge in [0, 0.05) is 19.3 Å². The van der Waals surface area contributed by atoms with Crippen LogP contribution in [0.2, 0.25) is 0 Å². The molecule has 0 aromatic carbocycles. The maximum Gasteiger partial charge on any atom is 0.101 e. The highest BCUT2D eigenvalue weighted by molar-refractivity contribution is 5.58. The summed E-state index contributed by atoms with van der Waals surface area (Å²) in [5.74, 6) is 0. The number of hydrogen-bond acceptors (Lipinski definition) is 4. The van der Waals surface area contributed by atoms with Crippen LogP contribution in [0.15, 0.2) is 18.5 Å². The molecule has 4 nitrogen and oxygen atoms in total. The van der Waals surface area contributed by atoms with E-state index in [0.717, 1.165) is 18.8 Å². The molecular formula is C13H17N3O. The summed E-state index contributed by atoms with van der Waals surface area (Å²) in [6, 6.07) is 3.97. The molecule has 0 amide bonds. The summed E-state index contributed by atoms with van der Waals surface area (Å²) in [5.41, 5.74) is 1.38. The maximum absolute atomic E-state index is 9.11. The molecule has 1 unspecified atom stereocenters. The van der Waals surface area contributed by atoms with Gasteiger partial charge in [-0.15, -0.1) is 0 Å². The molecule has 1 aliphatic rings. The van der Waals surface area contributed by atoms with Gasteiger partial charge >= 0.3 is 0 Å². The van der Waals surface area contributed by atoms with Crippen LogP contribution in [0.3, 0.4) is 0 Å². The molecule has 0 bridgehead atoms. The molecule has 90 valence electrons. The topological polar surface area (TPSA) is 49.2 Å². The molecule has 0 N–H and O–H groups in total. The SMILES string of the molecule is CC1CN(c2cnccc2C#N)CC(C)(C)O1. The Morgan fingerprint density at radius 2 is 2.35 bits per heavy atom. The standard InChI is InChI=1S/C13H17N3O/c1-10-8-16(9-13(2,3)17-10)12-7-15-5-4-11(12)6-14/h4-5,7,10H,8-9H2,1-3H3. The Bertz CT molecular complexity index is 450. The second-order valence-corrected chi connectivity index (χ2v) is 5.07. The molecule has 0 radical (unpaired) electrons. The van der Waals surface area contributed by atoms with E-state index in [-0.39, 0.29) is 11.7 Å². The van der Waals surface area contributed by atoms with Crippen molar-refractivity contribution in [2.45, 2.75) is 32.5 Å². The summed E-state index contributed by atoms with van der Waals surface area (Å²) in [7, 11) is 0. The Labute approximate surface area is 102 Å². The normalized spacial score (nSPS) is 23.2. The number of hydrogen-bond donors (Lipinski definition) is 0. The summed E-state index contributed by atoms with van der Waals surface area (Å²) in [5, 5.41) is 9.11. The van der Waals surface area contributed by atoms with Crippen molar-refractivity contribution in [3.63, 3.8) is 0 Å². The number of pyridine rings is 1. The van der Waals surface area contributed by atoms with Crippen molar-refractivity contribution in [1.82, 2.24) is 4.98 Å². The third-order valence-electron chi connectivity index (χ3n) is 2.83. The van der Waals surface area contributed by atoms with Crippen LogP contribution in [0.5, 0.6) is 0 Å². The molecule has 2 heterocycles. The minimum absolute atomic E-state index is 0.158. The lowest BCUT2D eigenvalue weighted by Gasteiger charge is -2.42. The summed E-state index contributed by atoms with van der Waals surface area (Å²) >= 11 is 0. The van der Waals surface area contributed by atoms with Crippen molar-refractivity contribution in [3.8, 4) is 6.07 Å². The number of nitriles is 1. The van der Waals surface area contributed by atoms with Gasteiger partial charge in [-0.3, -0.25) is 4.98 Å². The van der Waals surface area contributed by atoms with E-state index in [0.29, 0.717) is 5.56 Å². The lowest BCUT2D eigenvalue weighted by atomic mass is 10.0. The molecular weight excluding hydrogens is 214 g/mol. The maximum atomic E-state index is 9.11. The Hall–Kier alpha value is -1.60. The van der Waals surface area contributed by atoms with Crippen molar-refractivity contribution in [2.24, 2.45) is 0 Å². The van der Waals surface area contributed by atoms with E-state index in [1.807, 2.05) is 0 Å². The molecule has 0 saturated carbocycles. The van der Waals surface area contributed by atoms with Gasteiger partial charge in [-0.25, -0.2) is 0 Å². The van der Waals surface area contributed by atoms with Crippen molar-refractivity contribution in [2.75, 3.05) is 18.0 Å². The van der Waals surface area contributed by atoms with Crippen LogP contribution in [0, 0.1) is 11.3 Å². The average molecular weight is 231 g/mol. The number of aromatic nitrogens is 1. The highest BCUT2D eigenvalue weighted by Crippen LogP contribution is 2.27. The Balaban J connectivity index is 2.31. The minimum Gasteiger partial charge on any atom is -0.369 e. The first kappa shape index (κ1) is 11.9. The lowest BCUT2D eigenvalue weighted by Crippen LogP contribution is -2.52. The van der Waals surface area contributed by atoms with Crippen molar-refractivity contribution in [3.05, 3.63) is 24.0 Å². The van der Waals surface area contributed by atoms with Crippen LogP contribution < -0.4 is 4.90 Å². The van der Waals surface area contributed by atoms with E-state index in [2.05, 4.69) is 36.7 Å². The van der Waals surface area contributed by atoms with Gasteiger partial charge in [-0.05, 0) is 26.8 Å². The first-order chi connectivity index (χ1) is 8.02. The van der Waals surface area contributed by atoms with Gasteiger partial charge in [0.25, 0.3) is 0 Å². The van der Waals surface area contributed by atoms with Crippen molar-refractivity contribution in [1.29, 1.82) is 5.26 Å². The summed E-state index contributed by atoms with van der Waals surface area (Å²) in [6.45, 7) is 7.76. The Morgan fingerprint density at radius 1 is 1.59 bits per heavy atom. The molecule has 17 heavy (non-hydrogen) atoms. The van der Waals surface area contributed by atoms with Crippen LogP contribution in [0.1, 0.15) is 26.3 Å². The van der Waals surface area contributed by atoms with Crippen LogP contribution in [0.25, 0.3) is 0 Å². The molecule has 0 aliphatic carbocycles. The number of morpholine rings is 1. The van der Waals surface area contributed by atoms with Crippen molar-refractivity contribution >= 4 is 5.69 Å². The Kier molecular flexibility index (Phi) is 3.03. The van der Waals surface area contributed by atoms with Gasteiger partial charge in [0.2, 0.25) is 0 Å². The van der Waals surface area contributed by atoms with Gasteiger partial charge in [-0.2, -0.15) is 5.26 Å². The van der Waals surface area contributed by atoms with E-state index >= 15 is 0 Å². The van der Waals surface area contributed by atoms with Crippen LogP contribution in [-0.2, 0) is 4.74 Å². The second-order valence-electron chi connectivity index (χ2n) is 5.07. The second kappa shape index (κ2) is 4.34. The van der Waals surface area contributed by atoms with E-state index in [1.54, 1.807) is 18.5 Å². The monoisotopic (exact) mass is 231 g/mol. The lowest BCUT2D eigenvalue weighted by molar-refractivity contribution is -0.0749. The molecule has 1 saturated heterocycles. The smallest absolute Gasteiger partial charge is 0.101 e. The number of nitrogens with zero attached hydrogens (tertiary/aromatic N) is 3. The largest absolute Gasteiger partial charge is 0.369 e. The predicted octanol–water partition coefficient (Wildman–Crippen LogP) is 1.96. The minimum atomic E-state index is -0.194. The van der Waals surface area contributed by atoms with E-state index in [9.17, 15) is 0 Å². The zero-order valence-corrected chi connectivity index (χ0v) is 10.5. The Morgan fingerprint density at radius 3 is 3.00 bits per heavy atom. The summed E-state index contributed by atoms with van der Waals surface area (Å²) in [4.78, 5) is 6.29. The van der Waals surface area contributed by atoms with E-state index in [1.165, 1.54) is 0 Å². The predicted molar refractivity (Wildman–Crippen MR) is 65.8 cm³/mol. The van der Waals surface area contributed by atoms with Gasteiger partial charge < -0.3 is 9.64 Å².